The Bertz CT molecular complexity index is 801. The maximum Gasteiger partial charge on any atom is 0.417 e. The van der Waals surface area contributed by atoms with E-state index in [1.165, 1.54) is 12.0 Å². The Hall–Kier alpha value is -2.55. The lowest BCUT2D eigenvalue weighted by Gasteiger charge is -2.15. The Morgan fingerprint density at radius 3 is 2.54 bits per heavy atom. The first kappa shape index (κ1) is 19.8. The van der Waals surface area contributed by atoms with Gasteiger partial charge < -0.3 is 14.5 Å². The molecule has 0 spiro atoms. The summed E-state index contributed by atoms with van der Waals surface area (Å²) >= 11 is 0.859. The van der Waals surface area contributed by atoms with Gasteiger partial charge in [0.25, 0.3) is 5.91 Å². The van der Waals surface area contributed by atoms with E-state index in [2.05, 4.69) is 5.16 Å². The quantitative estimate of drug-likeness (QED) is 0.561. The molecule has 0 N–H and O–H groups in total. The van der Waals surface area contributed by atoms with Gasteiger partial charge in [-0.15, -0.1) is 11.3 Å². The molecule has 0 atom stereocenters. The lowest BCUT2D eigenvalue weighted by Crippen LogP contribution is -2.31. The van der Waals surface area contributed by atoms with Crippen LogP contribution < -0.4 is 4.74 Å². The van der Waals surface area contributed by atoms with Crippen LogP contribution in [-0.2, 0) is 22.4 Å². The van der Waals surface area contributed by atoms with Crippen molar-refractivity contribution in [2.75, 3.05) is 21.2 Å². The number of hydrogen-bond donors (Lipinski definition) is 0. The van der Waals surface area contributed by atoms with Crippen LogP contribution in [0.1, 0.15) is 16.7 Å². The summed E-state index contributed by atoms with van der Waals surface area (Å²) in [5, 5.41) is 4.92. The number of benzene rings is 1. The van der Waals surface area contributed by atoms with Crippen LogP contribution in [0, 0.1) is 0 Å². The molecule has 1 aromatic heterocycles. The lowest BCUT2D eigenvalue weighted by atomic mass is 10.0. The van der Waals surface area contributed by atoms with E-state index in [4.69, 9.17) is 9.57 Å². The molecule has 0 saturated heterocycles. The summed E-state index contributed by atoms with van der Waals surface area (Å²) in [4.78, 5) is 18.4. The highest BCUT2D eigenvalue weighted by atomic mass is 32.1. The fourth-order valence-electron chi connectivity index (χ4n) is 2.07. The van der Waals surface area contributed by atoms with Gasteiger partial charge >= 0.3 is 6.18 Å². The zero-order valence-electron chi connectivity index (χ0n) is 14.3. The SMILES string of the molecule is CON=C(C(=O)N(C)C)c1ccccc1COc1cc(C(F)(F)F)cs1. The highest BCUT2D eigenvalue weighted by Crippen LogP contribution is 2.36. The predicted molar refractivity (Wildman–Crippen MR) is 92.3 cm³/mol. The molecule has 1 heterocycles. The molecular formula is C17H17F3N2O3S. The second-order valence-electron chi connectivity index (χ2n) is 5.42. The summed E-state index contributed by atoms with van der Waals surface area (Å²) in [6.45, 7) is -0.0164. The molecule has 0 aliphatic carbocycles. The van der Waals surface area contributed by atoms with E-state index in [0.717, 1.165) is 22.8 Å². The summed E-state index contributed by atoms with van der Waals surface area (Å²) in [6, 6.07) is 7.79. The number of ether oxygens (including phenoxy) is 1. The maximum absolute atomic E-state index is 12.7. The van der Waals surface area contributed by atoms with Crippen molar-refractivity contribution in [2.24, 2.45) is 5.16 Å². The predicted octanol–water partition coefficient (Wildman–Crippen LogP) is 3.78. The molecule has 0 aliphatic heterocycles. The minimum Gasteiger partial charge on any atom is -0.479 e. The van der Waals surface area contributed by atoms with Crippen LogP contribution in [-0.4, -0.2) is 37.7 Å². The van der Waals surface area contributed by atoms with Crippen LogP contribution in [0.2, 0.25) is 0 Å². The average Bonchev–Trinajstić information content (AvgIpc) is 3.07. The highest BCUT2D eigenvalue weighted by molar-refractivity contribution is 7.12. The number of rotatable bonds is 6. The molecule has 0 unspecified atom stereocenters. The number of carbonyl (C=O) groups is 1. The molecule has 0 aliphatic rings. The second kappa shape index (κ2) is 8.22. The first-order chi connectivity index (χ1) is 12.2. The minimum absolute atomic E-state index is 0.0164. The Labute approximate surface area is 152 Å². The molecular weight excluding hydrogens is 369 g/mol. The maximum atomic E-state index is 12.7. The van der Waals surface area contributed by atoms with Gasteiger partial charge in [-0.1, -0.05) is 29.4 Å². The first-order valence-corrected chi connectivity index (χ1v) is 8.31. The molecule has 2 aromatic rings. The van der Waals surface area contributed by atoms with Gasteiger partial charge in [0.1, 0.15) is 13.7 Å². The second-order valence-corrected chi connectivity index (χ2v) is 6.29. The van der Waals surface area contributed by atoms with Gasteiger partial charge in [0.15, 0.2) is 10.8 Å². The zero-order chi connectivity index (χ0) is 19.3. The van der Waals surface area contributed by atoms with Crippen LogP contribution in [0.4, 0.5) is 13.2 Å². The third-order valence-corrected chi connectivity index (χ3v) is 4.18. The van der Waals surface area contributed by atoms with E-state index in [-0.39, 0.29) is 23.3 Å². The number of hydrogen-bond acceptors (Lipinski definition) is 5. The molecule has 0 fully saturated rings. The van der Waals surface area contributed by atoms with Gasteiger partial charge in [0.05, 0.1) is 5.56 Å². The molecule has 1 amide bonds. The molecule has 0 saturated carbocycles. The monoisotopic (exact) mass is 386 g/mol. The Balaban J connectivity index is 2.25. The largest absolute Gasteiger partial charge is 0.479 e. The van der Waals surface area contributed by atoms with E-state index in [0.29, 0.717) is 11.1 Å². The van der Waals surface area contributed by atoms with Crippen molar-refractivity contribution in [3.63, 3.8) is 0 Å². The lowest BCUT2D eigenvalue weighted by molar-refractivity contribution is -0.137. The molecule has 9 heteroatoms. The summed E-state index contributed by atoms with van der Waals surface area (Å²) in [5.41, 5.74) is 0.412. The number of likely N-dealkylation sites (N-methyl/N-ethyl adjacent to an activating group) is 1. The van der Waals surface area contributed by atoms with Gasteiger partial charge in [-0.2, -0.15) is 13.2 Å². The van der Waals surface area contributed by atoms with Crippen molar-refractivity contribution in [3.8, 4) is 5.06 Å². The number of amides is 1. The Kier molecular flexibility index (Phi) is 6.25. The van der Waals surface area contributed by atoms with Gasteiger partial charge in [0.2, 0.25) is 0 Å². The van der Waals surface area contributed by atoms with Crippen molar-refractivity contribution in [1.29, 1.82) is 0 Å². The first-order valence-electron chi connectivity index (χ1n) is 7.43. The van der Waals surface area contributed by atoms with Crippen molar-refractivity contribution >= 4 is 23.0 Å². The molecule has 140 valence electrons. The minimum atomic E-state index is -4.41. The normalized spacial score (nSPS) is 12.0. The van der Waals surface area contributed by atoms with Gasteiger partial charge in [-0.05, 0) is 5.56 Å². The molecule has 1 aromatic carbocycles. The zero-order valence-corrected chi connectivity index (χ0v) is 15.1. The van der Waals surface area contributed by atoms with E-state index >= 15 is 0 Å². The van der Waals surface area contributed by atoms with E-state index in [1.54, 1.807) is 38.4 Å². The Morgan fingerprint density at radius 2 is 1.96 bits per heavy atom. The molecule has 5 nitrogen and oxygen atoms in total. The van der Waals surface area contributed by atoms with E-state index < -0.39 is 11.7 Å². The smallest absolute Gasteiger partial charge is 0.417 e. The molecule has 26 heavy (non-hydrogen) atoms. The van der Waals surface area contributed by atoms with Crippen LogP contribution in [0.25, 0.3) is 0 Å². The summed E-state index contributed by atoms with van der Waals surface area (Å²) in [7, 11) is 4.49. The van der Waals surface area contributed by atoms with Crippen LogP contribution in [0.5, 0.6) is 5.06 Å². The summed E-state index contributed by atoms with van der Waals surface area (Å²) in [5.74, 6) is -0.366. The molecule has 0 bridgehead atoms. The molecule has 2 rings (SSSR count). The number of thiophene rings is 1. The molecule has 0 radical (unpaired) electrons. The standard InChI is InChI=1S/C17H17F3N2O3S/c1-22(2)16(23)15(21-24-3)13-7-5-4-6-11(13)9-25-14-8-12(10-26-14)17(18,19)20/h4-8,10H,9H2,1-3H3. The summed E-state index contributed by atoms with van der Waals surface area (Å²) < 4.78 is 43.5. The van der Waals surface area contributed by atoms with Crippen LogP contribution in [0.3, 0.4) is 0 Å². The van der Waals surface area contributed by atoms with Gasteiger partial charge in [-0.3, -0.25) is 4.79 Å². The number of nitrogens with zero attached hydrogens (tertiary/aromatic N) is 2. The average molecular weight is 386 g/mol. The number of halogens is 3. The Morgan fingerprint density at radius 1 is 1.27 bits per heavy atom. The number of oxime groups is 1. The topological polar surface area (TPSA) is 51.1 Å². The highest BCUT2D eigenvalue weighted by Gasteiger charge is 2.32. The van der Waals surface area contributed by atoms with Crippen molar-refractivity contribution < 1.29 is 27.5 Å². The van der Waals surface area contributed by atoms with Crippen LogP contribution >= 0.6 is 11.3 Å². The van der Waals surface area contributed by atoms with E-state index in [9.17, 15) is 18.0 Å². The van der Waals surface area contributed by atoms with Gasteiger partial charge in [-0.25, -0.2) is 0 Å². The third kappa shape index (κ3) is 4.75. The van der Waals surface area contributed by atoms with Crippen molar-refractivity contribution in [1.82, 2.24) is 4.90 Å². The third-order valence-electron chi connectivity index (χ3n) is 3.34. The summed E-state index contributed by atoms with van der Waals surface area (Å²) in [6.07, 6.45) is -4.41. The number of carbonyl (C=O) groups excluding carboxylic acids is 1. The van der Waals surface area contributed by atoms with Crippen molar-refractivity contribution in [3.05, 3.63) is 52.4 Å². The fraction of sp³-hybridized carbons (Fsp3) is 0.294. The van der Waals surface area contributed by atoms with Crippen molar-refractivity contribution in [2.45, 2.75) is 12.8 Å². The fourth-order valence-corrected chi connectivity index (χ4v) is 2.84. The van der Waals surface area contributed by atoms with Crippen LogP contribution in [0.15, 0.2) is 40.9 Å². The van der Waals surface area contributed by atoms with E-state index in [1.807, 2.05) is 0 Å². The van der Waals surface area contributed by atoms with Gasteiger partial charge in [0, 0.05) is 31.1 Å². The number of alkyl halides is 3.